The predicted octanol–water partition coefficient (Wildman–Crippen LogP) is 2.14. The van der Waals surface area contributed by atoms with Crippen LogP contribution in [0.25, 0.3) is 0 Å². The Morgan fingerprint density at radius 2 is 2.10 bits per heavy atom. The zero-order valence-electron chi connectivity index (χ0n) is 13.0. The van der Waals surface area contributed by atoms with Crippen LogP contribution < -0.4 is 0 Å². The molecule has 2 aliphatic rings. The molecule has 2 atom stereocenters. The molecule has 0 aromatic carbocycles. The molecule has 0 N–H and O–H groups in total. The maximum absolute atomic E-state index is 12.3. The van der Waals surface area contributed by atoms with Crippen LogP contribution in [0, 0.1) is 5.92 Å². The van der Waals surface area contributed by atoms with Gasteiger partial charge in [0.05, 0.1) is 18.6 Å². The number of likely N-dealkylation sites (tertiary alicyclic amines) is 1. The van der Waals surface area contributed by atoms with Crippen LogP contribution >= 0.6 is 0 Å². The molecular weight excluding hydrogens is 270 g/mol. The smallest absolute Gasteiger partial charge is 0.310 e. The van der Waals surface area contributed by atoms with Gasteiger partial charge in [-0.2, -0.15) is 0 Å². The van der Waals surface area contributed by atoms with Gasteiger partial charge in [0.1, 0.15) is 0 Å². The fourth-order valence-corrected chi connectivity index (χ4v) is 3.13. The van der Waals surface area contributed by atoms with Crippen LogP contribution in [0.5, 0.6) is 0 Å². The highest BCUT2D eigenvalue weighted by atomic mass is 16.5. The number of nitrogens with zero attached hydrogens (tertiary/aromatic N) is 1. The van der Waals surface area contributed by atoms with Crippen molar-refractivity contribution >= 4 is 11.9 Å². The van der Waals surface area contributed by atoms with Gasteiger partial charge in [0, 0.05) is 26.1 Å². The van der Waals surface area contributed by atoms with Gasteiger partial charge in [-0.25, -0.2) is 0 Å². The molecule has 120 valence electrons. The number of piperidine rings is 1. The third-order valence-corrected chi connectivity index (χ3v) is 4.35. The second kappa shape index (κ2) is 8.37. The van der Waals surface area contributed by atoms with Crippen LogP contribution in [0.4, 0.5) is 0 Å². The SMILES string of the molecule is CCOC(=O)[C@H]1CCCN(C(=O)CCC2CCCCO2)C1. The summed E-state index contributed by atoms with van der Waals surface area (Å²) < 4.78 is 10.7. The Kier molecular flexibility index (Phi) is 6.49. The van der Waals surface area contributed by atoms with E-state index in [2.05, 4.69) is 0 Å². The van der Waals surface area contributed by atoms with E-state index in [9.17, 15) is 9.59 Å². The summed E-state index contributed by atoms with van der Waals surface area (Å²) in [5.41, 5.74) is 0. The quantitative estimate of drug-likeness (QED) is 0.730. The van der Waals surface area contributed by atoms with Crippen LogP contribution in [-0.2, 0) is 19.1 Å². The minimum atomic E-state index is -0.161. The molecule has 0 aliphatic carbocycles. The summed E-state index contributed by atoms with van der Waals surface area (Å²) in [6.45, 7) is 4.33. The van der Waals surface area contributed by atoms with Gasteiger partial charge in [0.15, 0.2) is 0 Å². The van der Waals surface area contributed by atoms with Crippen molar-refractivity contribution in [3.63, 3.8) is 0 Å². The van der Waals surface area contributed by atoms with Crippen molar-refractivity contribution in [1.82, 2.24) is 4.90 Å². The van der Waals surface area contributed by atoms with E-state index in [-0.39, 0.29) is 23.9 Å². The van der Waals surface area contributed by atoms with Crippen molar-refractivity contribution in [1.29, 1.82) is 0 Å². The fourth-order valence-electron chi connectivity index (χ4n) is 3.13. The van der Waals surface area contributed by atoms with Crippen LogP contribution in [-0.4, -0.2) is 49.2 Å². The second-order valence-electron chi connectivity index (χ2n) is 5.96. The Morgan fingerprint density at radius 1 is 1.24 bits per heavy atom. The lowest BCUT2D eigenvalue weighted by Crippen LogP contribution is -2.43. The van der Waals surface area contributed by atoms with Crippen LogP contribution in [0.15, 0.2) is 0 Å². The summed E-state index contributed by atoms with van der Waals surface area (Å²) in [7, 11) is 0. The van der Waals surface area contributed by atoms with Crippen molar-refractivity contribution in [2.75, 3.05) is 26.3 Å². The average molecular weight is 297 g/mol. The number of rotatable bonds is 5. The molecule has 2 rings (SSSR count). The molecule has 0 spiro atoms. The van der Waals surface area contributed by atoms with E-state index < -0.39 is 0 Å². The molecule has 0 saturated carbocycles. The monoisotopic (exact) mass is 297 g/mol. The lowest BCUT2D eigenvalue weighted by molar-refractivity contribution is -0.151. The van der Waals surface area contributed by atoms with E-state index in [1.54, 1.807) is 0 Å². The van der Waals surface area contributed by atoms with E-state index in [0.717, 1.165) is 45.3 Å². The van der Waals surface area contributed by atoms with E-state index >= 15 is 0 Å². The molecule has 2 heterocycles. The molecule has 0 aromatic heterocycles. The summed E-state index contributed by atoms with van der Waals surface area (Å²) in [6, 6.07) is 0. The maximum Gasteiger partial charge on any atom is 0.310 e. The van der Waals surface area contributed by atoms with Gasteiger partial charge in [-0.1, -0.05) is 0 Å². The molecule has 0 radical (unpaired) electrons. The predicted molar refractivity (Wildman–Crippen MR) is 78.8 cm³/mol. The van der Waals surface area contributed by atoms with E-state index in [1.807, 2.05) is 11.8 Å². The van der Waals surface area contributed by atoms with Crippen LogP contribution in [0.3, 0.4) is 0 Å². The van der Waals surface area contributed by atoms with Crippen molar-refractivity contribution in [2.45, 2.75) is 58.0 Å². The minimum absolute atomic E-state index is 0.145. The van der Waals surface area contributed by atoms with E-state index in [1.165, 1.54) is 6.42 Å². The number of carbonyl (C=O) groups is 2. The first-order chi connectivity index (χ1) is 10.2. The third-order valence-electron chi connectivity index (χ3n) is 4.35. The molecule has 2 aliphatic heterocycles. The highest BCUT2D eigenvalue weighted by molar-refractivity contribution is 5.78. The molecule has 21 heavy (non-hydrogen) atoms. The normalized spacial score (nSPS) is 26.4. The summed E-state index contributed by atoms with van der Waals surface area (Å²) in [5.74, 6) is -0.155. The zero-order chi connectivity index (χ0) is 15.1. The van der Waals surface area contributed by atoms with Crippen molar-refractivity contribution in [3.8, 4) is 0 Å². The van der Waals surface area contributed by atoms with E-state index in [4.69, 9.17) is 9.47 Å². The molecule has 5 nitrogen and oxygen atoms in total. The first kappa shape index (κ1) is 16.3. The molecule has 2 fully saturated rings. The fraction of sp³-hybridized carbons (Fsp3) is 0.875. The highest BCUT2D eigenvalue weighted by Crippen LogP contribution is 2.21. The Labute approximate surface area is 127 Å². The lowest BCUT2D eigenvalue weighted by Gasteiger charge is -2.32. The van der Waals surface area contributed by atoms with Crippen LogP contribution in [0.1, 0.15) is 51.9 Å². The van der Waals surface area contributed by atoms with Gasteiger partial charge in [0.2, 0.25) is 5.91 Å². The van der Waals surface area contributed by atoms with Gasteiger partial charge in [-0.3, -0.25) is 9.59 Å². The molecule has 0 aromatic rings. The average Bonchev–Trinajstić information content (AvgIpc) is 2.54. The summed E-state index contributed by atoms with van der Waals surface area (Å²) in [6.07, 6.45) is 6.70. The zero-order valence-corrected chi connectivity index (χ0v) is 13.0. The lowest BCUT2D eigenvalue weighted by atomic mass is 9.97. The summed E-state index contributed by atoms with van der Waals surface area (Å²) in [4.78, 5) is 25.9. The van der Waals surface area contributed by atoms with Gasteiger partial charge >= 0.3 is 5.97 Å². The second-order valence-corrected chi connectivity index (χ2v) is 5.96. The van der Waals surface area contributed by atoms with Crippen molar-refractivity contribution in [2.24, 2.45) is 5.92 Å². The largest absolute Gasteiger partial charge is 0.466 e. The van der Waals surface area contributed by atoms with Crippen LogP contribution in [0.2, 0.25) is 0 Å². The Balaban J connectivity index is 1.74. The van der Waals surface area contributed by atoms with Gasteiger partial charge in [0.25, 0.3) is 0 Å². The summed E-state index contributed by atoms with van der Waals surface area (Å²) >= 11 is 0. The summed E-state index contributed by atoms with van der Waals surface area (Å²) in [5, 5.41) is 0. The number of amides is 1. The first-order valence-corrected chi connectivity index (χ1v) is 8.26. The number of hydrogen-bond acceptors (Lipinski definition) is 4. The van der Waals surface area contributed by atoms with Crippen molar-refractivity contribution < 1.29 is 19.1 Å². The first-order valence-electron chi connectivity index (χ1n) is 8.26. The molecule has 0 bridgehead atoms. The Morgan fingerprint density at radius 3 is 2.81 bits per heavy atom. The number of carbonyl (C=O) groups excluding carboxylic acids is 2. The van der Waals surface area contributed by atoms with Gasteiger partial charge < -0.3 is 14.4 Å². The maximum atomic E-state index is 12.3. The minimum Gasteiger partial charge on any atom is -0.466 e. The topological polar surface area (TPSA) is 55.8 Å². The highest BCUT2D eigenvalue weighted by Gasteiger charge is 2.29. The van der Waals surface area contributed by atoms with Gasteiger partial charge in [-0.05, 0) is 45.4 Å². The Bertz CT molecular complexity index is 352. The molecular formula is C16H27NO4. The number of ether oxygens (including phenoxy) is 2. The molecule has 1 unspecified atom stereocenters. The number of hydrogen-bond donors (Lipinski definition) is 0. The van der Waals surface area contributed by atoms with Crippen molar-refractivity contribution in [3.05, 3.63) is 0 Å². The van der Waals surface area contributed by atoms with Gasteiger partial charge in [-0.15, -0.1) is 0 Å². The molecule has 1 amide bonds. The Hall–Kier alpha value is -1.10. The standard InChI is InChI=1S/C16H27NO4/c1-2-20-16(19)13-6-5-10-17(12-13)15(18)9-8-14-7-3-4-11-21-14/h13-14H,2-12H2,1H3/t13-,14?/m0/s1. The molecule has 5 heteroatoms. The molecule has 2 saturated heterocycles. The number of esters is 1. The van der Waals surface area contributed by atoms with E-state index in [0.29, 0.717) is 19.6 Å². The third kappa shape index (κ3) is 4.99.